The van der Waals surface area contributed by atoms with E-state index >= 15 is 0 Å². The molecule has 0 saturated carbocycles. The first-order valence-corrected chi connectivity index (χ1v) is 10.3. The maximum Gasteiger partial charge on any atom is 0.137 e. The lowest BCUT2D eigenvalue weighted by Gasteiger charge is -2.34. The first-order valence-electron chi connectivity index (χ1n) is 10.3. The normalized spacial score (nSPS) is 20.6. The summed E-state index contributed by atoms with van der Waals surface area (Å²) in [6.45, 7) is 3.29. The number of rotatable bonds is 5. The van der Waals surface area contributed by atoms with Crippen LogP contribution in [-0.4, -0.2) is 46.5 Å². The molecule has 148 valence electrons. The molecule has 1 aromatic carbocycles. The van der Waals surface area contributed by atoms with Gasteiger partial charge in [-0.3, -0.25) is 10.2 Å². The van der Waals surface area contributed by atoms with Crippen molar-refractivity contribution in [3.63, 3.8) is 0 Å². The molecule has 3 aromatic rings. The highest BCUT2D eigenvalue weighted by Gasteiger charge is 2.22. The molecular weight excluding hydrogens is 360 g/mol. The van der Waals surface area contributed by atoms with Gasteiger partial charge in [0.05, 0.1) is 18.2 Å². The molecule has 0 radical (unpaired) electrons. The molecule has 4 heterocycles. The predicted molar refractivity (Wildman–Crippen MR) is 117 cm³/mol. The molecule has 3 N–H and O–H groups in total. The summed E-state index contributed by atoms with van der Waals surface area (Å²) in [7, 11) is 0. The molecule has 6 heteroatoms. The summed E-state index contributed by atoms with van der Waals surface area (Å²) in [5.41, 5.74) is 4.36. The number of aromatic nitrogens is 2. The van der Waals surface area contributed by atoms with Gasteiger partial charge in [0, 0.05) is 35.9 Å². The quantitative estimate of drug-likeness (QED) is 0.630. The summed E-state index contributed by atoms with van der Waals surface area (Å²) in [5, 5.41) is 8.19. The van der Waals surface area contributed by atoms with Crippen LogP contribution < -0.4 is 10.6 Å². The molecule has 1 atom stereocenters. The molecule has 1 unspecified atom stereocenters. The number of nitrogens with one attached hydrogen (secondary N) is 3. The Kier molecular flexibility index (Phi) is 5.11. The predicted octanol–water partition coefficient (Wildman–Crippen LogP) is 3.12. The number of aromatic amines is 1. The smallest absolute Gasteiger partial charge is 0.137 e. The van der Waals surface area contributed by atoms with Crippen molar-refractivity contribution in [2.24, 2.45) is 4.99 Å². The van der Waals surface area contributed by atoms with Crippen molar-refractivity contribution in [3.8, 4) is 0 Å². The number of fused-ring (bicyclic) bond motifs is 1. The fourth-order valence-electron chi connectivity index (χ4n) is 4.21. The summed E-state index contributed by atoms with van der Waals surface area (Å²) < 4.78 is 0. The number of hydrogen-bond acceptors (Lipinski definition) is 5. The Morgan fingerprint density at radius 1 is 1.07 bits per heavy atom. The van der Waals surface area contributed by atoms with E-state index in [0.717, 1.165) is 54.8 Å². The lowest BCUT2D eigenvalue weighted by molar-refractivity contribution is 0.186. The van der Waals surface area contributed by atoms with Crippen molar-refractivity contribution < 1.29 is 0 Å². The van der Waals surface area contributed by atoms with E-state index < -0.39 is 0 Å². The molecule has 5 rings (SSSR count). The standard InChI is InChI=1S/C23H26N6/c1-2-5-17(6-3-1)15-29-11-8-18(9-12-29)28-22-13-21(26-16-27-22)20-14-25-23-19(20)7-4-10-24-23/h1-7,10,13-14,16,18,22,28H,8-9,11-12,15H2,(H,24,25)(H,26,27). The van der Waals surface area contributed by atoms with Crippen LogP contribution in [0.5, 0.6) is 0 Å². The van der Waals surface area contributed by atoms with Crippen LogP contribution in [-0.2, 0) is 6.54 Å². The van der Waals surface area contributed by atoms with Crippen LogP contribution in [0.4, 0.5) is 0 Å². The van der Waals surface area contributed by atoms with Gasteiger partial charge in [-0.1, -0.05) is 30.3 Å². The molecule has 2 aromatic heterocycles. The topological polar surface area (TPSA) is 68.3 Å². The maximum absolute atomic E-state index is 4.55. The van der Waals surface area contributed by atoms with Gasteiger partial charge in [-0.15, -0.1) is 0 Å². The van der Waals surface area contributed by atoms with Crippen molar-refractivity contribution in [2.75, 3.05) is 13.1 Å². The van der Waals surface area contributed by atoms with Gasteiger partial charge in [-0.05, 0) is 49.7 Å². The van der Waals surface area contributed by atoms with Crippen LogP contribution in [0.15, 0.2) is 65.9 Å². The van der Waals surface area contributed by atoms with Crippen molar-refractivity contribution in [1.82, 2.24) is 25.5 Å². The van der Waals surface area contributed by atoms with Gasteiger partial charge in [0.25, 0.3) is 0 Å². The Bertz CT molecular complexity index is 1010. The Hall–Kier alpha value is -2.96. The first kappa shape index (κ1) is 18.1. The van der Waals surface area contributed by atoms with Crippen LogP contribution in [0, 0.1) is 0 Å². The van der Waals surface area contributed by atoms with E-state index in [0.29, 0.717) is 6.04 Å². The summed E-state index contributed by atoms with van der Waals surface area (Å²) in [6.07, 6.45) is 10.2. The second kappa shape index (κ2) is 8.19. The minimum atomic E-state index is 0.0924. The Balaban J connectivity index is 1.20. The van der Waals surface area contributed by atoms with E-state index in [4.69, 9.17) is 0 Å². The highest BCUT2D eigenvalue weighted by atomic mass is 15.2. The molecule has 1 saturated heterocycles. The maximum atomic E-state index is 4.55. The zero-order valence-electron chi connectivity index (χ0n) is 16.4. The molecule has 0 amide bonds. The van der Waals surface area contributed by atoms with Crippen molar-refractivity contribution in [2.45, 2.75) is 31.6 Å². The van der Waals surface area contributed by atoms with Gasteiger partial charge in [0.2, 0.25) is 0 Å². The SMILES string of the molecule is C1=NC(c2c[nH]c3ncccc23)=CC(NC2CCN(Cc3ccccc3)CC2)N1. The molecule has 0 bridgehead atoms. The van der Waals surface area contributed by atoms with E-state index in [1.165, 1.54) is 5.56 Å². The third-order valence-corrected chi connectivity index (χ3v) is 5.76. The third kappa shape index (κ3) is 4.09. The zero-order chi connectivity index (χ0) is 19.5. The number of piperidine rings is 1. The number of benzene rings is 1. The minimum Gasteiger partial charge on any atom is -0.357 e. The van der Waals surface area contributed by atoms with Crippen molar-refractivity contribution >= 4 is 23.1 Å². The fourth-order valence-corrected chi connectivity index (χ4v) is 4.21. The third-order valence-electron chi connectivity index (χ3n) is 5.76. The molecule has 0 aliphatic carbocycles. The summed E-state index contributed by atoms with van der Waals surface area (Å²) in [6, 6.07) is 15.3. The van der Waals surface area contributed by atoms with Gasteiger partial charge < -0.3 is 10.3 Å². The van der Waals surface area contributed by atoms with Gasteiger partial charge in [0.1, 0.15) is 5.65 Å². The van der Waals surface area contributed by atoms with Crippen LogP contribution >= 0.6 is 0 Å². The van der Waals surface area contributed by atoms with Crippen molar-refractivity contribution in [3.05, 3.63) is 72.1 Å². The van der Waals surface area contributed by atoms with E-state index in [1.54, 1.807) is 12.5 Å². The molecule has 0 spiro atoms. The highest BCUT2D eigenvalue weighted by molar-refractivity contribution is 5.92. The highest BCUT2D eigenvalue weighted by Crippen LogP contribution is 2.26. The van der Waals surface area contributed by atoms with Gasteiger partial charge >= 0.3 is 0 Å². The summed E-state index contributed by atoms with van der Waals surface area (Å²) >= 11 is 0. The van der Waals surface area contributed by atoms with Crippen molar-refractivity contribution in [1.29, 1.82) is 0 Å². The second-order valence-corrected chi connectivity index (χ2v) is 7.76. The molecule has 2 aliphatic heterocycles. The Morgan fingerprint density at radius 2 is 1.93 bits per heavy atom. The van der Waals surface area contributed by atoms with E-state index in [1.807, 2.05) is 12.3 Å². The number of nitrogens with zero attached hydrogens (tertiary/aromatic N) is 3. The van der Waals surface area contributed by atoms with Gasteiger partial charge in [-0.2, -0.15) is 0 Å². The minimum absolute atomic E-state index is 0.0924. The van der Waals surface area contributed by atoms with E-state index in [-0.39, 0.29) is 6.17 Å². The van der Waals surface area contributed by atoms with Crippen LogP contribution in [0.2, 0.25) is 0 Å². The molecule has 1 fully saturated rings. The van der Waals surface area contributed by atoms with Crippen LogP contribution in [0.3, 0.4) is 0 Å². The van der Waals surface area contributed by atoms with E-state index in [9.17, 15) is 0 Å². The first-order chi connectivity index (χ1) is 14.3. The largest absolute Gasteiger partial charge is 0.357 e. The Labute approximate surface area is 170 Å². The van der Waals surface area contributed by atoms with Crippen LogP contribution in [0.1, 0.15) is 24.0 Å². The number of aliphatic imine (C=N–C) groups is 1. The molecule has 2 aliphatic rings. The van der Waals surface area contributed by atoms with Crippen LogP contribution in [0.25, 0.3) is 16.7 Å². The Morgan fingerprint density at radius 3 is 2.79 bits per heavy atom. The number of pyridine rings is 1. The van der Waals surface area contributed by atoms with Gasteiger partial charge in [0.15, 0.2) is 0 Å². The average molecular weight is 387 g/mol. The monoisotopic (exact) mass is 386 g/mol. The lowest BCUT2D eigenvalue weighted by atomic mass is 10.0. The molecule has 6 nitrogen and oxygen atoms in total. The number of hydrogen-bond donors (Lipinski definition) is 3. The summed E-state index contributed by atoms with van der Waals surface area (Å²) in [5.74, 6) is 0. The summed E-state index contributed by atoms with van der Waals surface area (Å²) in [4.78, 5) is 14.7. The number of H-pyrrole nitrogens is 1. The average Bonchev–Trinajstić information content (AvgIpc) is 3.20. The van der Waals surface area contributed by atoms with Gasteiger partial charge in [-0.25, -0.2) is 9.98 Å². The molecular formula is C23H26N6. The lowest BCUT2D eigenvalue weighted by Crippen LogP contribution is -2.50. The van der Waals surface area contributed by atoms with E-state index in [2.05, 4.69) is 73.0 Å². The second-order valence-electron chi connectivity index (χ2n) is 7.76. The zero-order valence-corrected chi connectivity index (χ0v) is 16.4. The molecule has 29 heavy (non-hydrogen) atoms. The fraction of sp³-hybridized carbons (Fsp3) is 0.304. The number of likely N-dealkylation sites (tertiary alicyclic amines) is 1.